The Labute approximate surface area is 345 Å². The van der Waals surface area contributed by atoms with Crippen molar-refractivity contribution in [2.75, 3.05) is 0 Å². The molecule has 1 aliphatic rings. The molecule has 0 saturated carbocycles. The summed E-state index contributed by atoms with van der Waals surface area (Å²) in [5, 5.41) is 4.98. The Morgan fingerprint density at radius 2 is 0.864 bits per heavy atom. The maximum absolute atomic E-state index is 5.27. The summed E-state index contributed by atoms with van der Waals surface area (Å²) in [5.74, 6) is 0.704. The first-order chi connectivity index (χ1) is 29.0. The third-order valence-corrected chi connectivity index (χ3v) is 12.3. The van der Waals surface area contributed by atoms with E-state index in [4.69, 9.17) is 9.97 Å². The topological polar surface area (TPSA) is 25.8 Å². The Balaban J connectivity index is 1.02. The molecule has 278 valence electrons. The minimum absolute atomic E-state index is 0.115. The Morgan fingerprint density at radius 3 is 1.64 bits per heavy atom. The van der Waals surface area contributed by atoms with Crippen molar-refractivity contribution in [3.63, 3.8) is 0 Å². The predicted molar refractivity (Wildman–Crippen MR) is 247 cm³/mol. The maximum Gasteiger partial charge on any atom is 0.160 e. The van der Waals surface area contributed by atoms with Gasteiger partial charge in [0.1, 0.15) is 0 Å². The van der Waals surface area contributed by atoms with Crippen LogP contribution >= 0.6 is 0 Å². The highest BCUT2D eigenvalue weighted by molar-refractivity contribution is 6.05. The van der Waals surface area contributed by atoms with Crippen molar-refractivity contribution in [1.29, 1.82) is 0 Å². The van der Waals surface area contributed by atoms with Gasteiger partial charge in [0.15, 0.2) is 5.82 Å². The number of hydrogen-bond donors (Lipinski definition) is 0. The Hall–Kier alpha value is -7.42. The highest BCUT2D eigenvalue weighted by Gasteiger charge is 2.37. The normalized spacial score (nSPS) is 12.7. The van der Waals surface area contributed by atoms with Crippen LogP contribution in [0, 0.1) is 0 Å². The molecule has 1 heterocycles. The zero-order valence-corrected chi connectivity index (χ0v) is 33.0. The van der Waals surface area contributed by atoms with Crippen LogP contribution in [-0.2, 0) is 5.41 Å². The van der Waals surface area contributed by atoms with Crippen LogP contribution in [-0.4, -0.2) is 9.97 Å². The van der Waals surface area contributed by atoms with Crippen LogP contribution < -0.4 is 0 Å². The number of hydrogen-bond acceptors (Lipinski definition) is 2. The Kier molecular flexibility index (Phi) is 8.20. The van der Waals surface area contributed by atoms with Crippen molar-refractivity contribution in [2.24, 2.45) is 0 Å². The van der Waals surface area contributed by atoms with Gasteiger partial charge in [-0.25, -0.2) is 9.97 Å². The fraction of sp³-hybridized carbons (Fsp3) is 0.0526. The van der Waals surface area contributed by atoms with Gasteiger partial charge in [0.25, 0.3) is 0 Å². The van der Waals surface area contributed by atoms with E-state index in [2.05, 4.69) is 202 Å². The minimum atomic E-state index is -0.115. The molecule has 0 N–H and O–H groups in total. The van der Waals surface area contributed by atoms with Gasteiger partial charge in [0.05, 0.1) is 11.4 Å². The van der Waals surface area contributed by atoms with Gasteiger partial charge in [-0.15, -0.1) is 0 Å². The molecule has 0 aliphatic heterocycles. The van der Waals surface area contributed by atoms with Crippen LogP contribution in [0.25, 0.3) is 100.0 Å². The average molecular weight is 753 g/mol. The molecule has 59 heavy (non-hydrogen) atoms. The molecule has 9 aromatic carbocycles. The molecule has 0 fully saturated rings. The molecule has 0 atom stereocenters. The first-order valence-electron chi connectivity index (χ1n) is 20.4. The standard InChI is InChI=1S/C57H40N2/c1-57(2)52-35-41(29-30-48(52)51-31-28-38-18-9-10-24-45(38)55(51)57)40-21-15-22-42(34-40)44-32-33-50(47-26-13-12-25-46(44)47)54-36-53(58-56(59-54)39-19-7-4-8-20-39)49-27-14-11-23-43(49)37-16-5-3-6-17-37/h3-36H,1-2H3. The number of nitrogens with zero attached hydrogens (tertiary/aromatic N) is 2. The summed E-state index contributed by atoms with van der Waals surface area (Å²) in [6, 6.07) is 74.3. The Bertz CT molecular complexity index is 3230. The lowest BCUT2D eigenvalue weighted by Crippen LogP contribution is -2.15. The van der Waals surface area contributed by atoms with Gasteiger partial charge in [0, 0.05) is 22.1 Å². The minimum Gasteiger partial charge on any atom is -0.228 e. The second-order valence-electron chi connectivity index (χ2n) is 16.1. The van der Waals surface area contributed by atoms with E-state index in [9.17, 15) is 0 Å². The van der Waals surface area contributed by atoms with Gasteiger partial charge in [-0.2, -0.15) is 0 Å². The van der Waals surface area contributed by atoms with Crippen molar-refractivity contribution < 1.29 is 0 Å². The van der Waals surface area contributed by atoms with Crippen molar-refractivity contribution >= 4 is 21.5 Å². The van der Waals surface area contributed by atoms with E-state index >= 15 is 0 Å². The molecule has 2 heteroatoms. The van der Waals surface area contributed by atoms with Crippen molar-refractivity contribution in [3.8, 4) is 78.4 Å². The van der Waals surface area contributed by atoms with E-state index in [-0.39, 0.29) is 5.41 Å². The van der Waals surface area contributed by atoms with Crippen LogP contribution in [0.1, 0.15) is 25.0 Å². The third-order valence-electron chi connectivity index (χ3n) is 12.3. The monoisotopic (exact) mass is 752 g/mol. The second-order valence-corrected chi connectivity index (χ2v) is 16.1. The van der Waals surface area contributed by atoms with E-state index in [1.165, 1.54) is 60.7 Å². The molecule has 0 unspecified atom stereocenters. The largest absolute Gasteiger partial charge is 0.228 e. The van der Waals surface area contributed by atoms with Crippen molar-refractivity contribution in [2.45, 2.75) is 19.3 Å². The van der Waals surface area contributed by atoms with Crippen LogP contribution in [0.3, 0.4) is 0 Å². The summed E-state index contributed by atoms with van der Waals surface area (Å²) < 4.78 is 0. The van der Waals surface area contributed by atoms with E-state index in [0.717, 1.165) is 44.6 Å². The lowest BCUT2D eigenvalue weighted by molar-refractivity contribution is 0.666. The molecule has 0 spiro atoms. The number of benzene rings is 9. The molecular weight excluding hydrogens is 713 g/mol. The molecule has 2 nitrogen and oxygen atoms in total. The van der Waals surface area contributed by atoms with Gasteiger partial charge in [0.2, 0.25) is 0 Å². The summed E-state index contributed by atoms with van der Waals surface area (Å²) in [4.78, 5) is 10.5. The van der Waals surface area contributed by atoms with Crippen molar-refractivity contribution in [3.05, 3.63) is 217 Å². The smallest absolute Gasteiger partial charge is 0.160 e. The molecule has 0 amide bonds. The van der Waals surface area contributed by atoms with Crippen LogP contribution in [0.5, 0.6) is 0 Å². The zero-order valence-electron chi connectivity index (χ0n) is 33.0. The van der Waals surface area contributed by atoms with E-state index in [0.29, 0.717) is 5.82 Å². The molecule has 1 aliphatic carbocycles. The predicted octanol–water partition coefficient (Wildman–Crippen LogP) is 15.1. The first kappa shape index (κ1) is 34.8. The Morgan fingerprint density at radius 1 is 0.322 bits per heavy atom. The van der Waals surface area contributed by atoms with Gasteiger partial charge in [-0.1, -0.05) is 202 Å². The average Bonchev–Trinajstić information content (AvgIpc) is 3.54. The lowest BCUT2D eigenvalue weighted by atomic mass is 9.79. The molecule has 0 radical (unpaired) electrons. The molecule has 11 rings (SSSR count). The summed E-state index contributed by atoms with van der Waals surface area (Å²) in [5.41, 5.74) is 17.4. The third kappa shape index (κ3) is 5.87. The summed E-state index contributed by atoms with van der Waals surface area (Å²) >= 11 is 0. The first-order valence-corrected chi connectivity index (χ1v) is 20.4. The van der Waals surface area contributed by atoms with Crippen LogP contribution in [0.2, 0.25) is 0 Å². The lowest BCUT2D eigenvalue weighted by Gasteiger charge is -2.23. The fourth-order valence-electron chi connectivity index (χ4n) is 9.44. The summed E-state index contributed by atoms with van der Waals surface area (Å²) in [6.45, 7) is 4.76. The molecule has 1 aromatic heterocycles. The molecule has 0 bridgehead atoms. The quantitative estimate of drug-likeness (QED) is 0.169. The maximum atomic E-state index is 5.27. The van der Waals surface area contributed by atoms with Gasteiger partial charge < -0.3 is 0 Å². The van der Waals surface area contributed by atoms with E-state index < -0.39 is 0 Å². The van der Waals surface area contributed by atoms with Gasteiger partial charge >= 0.3 is 0 Å². The highest BCUT2D eigenvalue weighted by Crippen LogP contribution is 2.52. The number of fused-ring (bicyclic) bond motifs is 6. The van der Waals surface area contributed by atoms with Crippen molar-refractivity contribution in [1.82, 2.24) is 9.97 Å². The van der Waals surface area contributed by atoms with Gasteiger partial charge in [-0.05, 0) is 95.4 Å². The molecule has 10 aromatic rings. The number of rotatable bonds is 6. The van der Waals surface area contributed by atoms with Gasteiger partial charge in [-0.3, -0.25) is 0 Å². The highest BCUT2D eigenvalue weighted by atomic mass is 14.9. The number of aromatic nitrogens is 2. The molecule has 0 saturated heterocycles. The van der Waals surface area contributed by atoms with E-state index in [1.54, 1.807) is 0 Å². The zero-order chi connectivity index (χ0) is 39.5. The summed E-state index contributed by atoms with van der Waals surface area (Å²) in [6.07, 6.45) is 0. The second kappa shape index (κ2) is 13.9. The molecular formula is C57H40N2. The van der Waals surface area contributed by atoms with Crippen LogP contribution in [0.15, 0.2) is 206 Å². The SMILES string of the molecule is CC1(C)c2cc(-c3cccc(-c4ccc(-c5cc(-c6ccccc6-c6ccccc6)nc(-c6ccccc6)n5)c5ccccc45)c3)ccc2-c2ccc3ccccc3c21. The van der Waals surface area contributed by atoms with Crippen LogP contribution in [0.4, 0.5) is 0 Å². The summed E-state index contributed by atoms with van der Waals surface area (Å²) in [7, 11) is 0. The van der Waals surface area contributed by atoms with E-state index in [1.807, 2.05) is 18.2 Å². The fourth-order valence-corrected chi connectivity index (χ4v) is 9.44.